The van der Waals surface area contributed by atoms with Crippen LogP contribution in [0.15, 0.2) is 18.6 Å². The Labute approximate surface area is 130 Å². The lowest BCUT2D eigenvalue weighted by molar-refractivity contribution is -0.160. The summed E-state index contributed by atoms with van der Waals surface area (Å²) in [6.45, 7) is 5.17. The molecule has 0 saturated carbocycles. The molecule has 1 aromatic heterocycles. The highest BCUT2D eigenvalue weighted by Gasteiger charge is 2.34. The molecule has 0 aliphatic carbocycles. The molecule has 6 heteroatoms. The third-order valence-electron chi connectivity index (χ3n) is 3.86. The van der Waals surface area contributed by atoms with E-state index in [0.717, 1.165) is 18.5 Å². The van der Waals surface area contributed by atoms with E-state index in [0.29, 0.717) is 19.6 Å². The second-order valence-corrected chi connectivity index (χ2v) is 5.81. The van der Waals surface area contributed by atoms with E-state index >= 15 is 0 Å². The lowest BCUT2D eigenvalue weighted by Crippen LogP contribution is -2.52. The minimum Gasteiger partial charge on any atom is -0.463 e. The third-order valence-corrected chi connectivity index (χ3v) is 3.86. The molecule has 2 heterocycles. The van der Waals surface area contributed by atoms with Crippen LogP contribution in [-0.2, 0) is 20.7 Å². The van der Waals surface area contributed by atoms with Crippen molar-refractivity contribution in [3.63, 3.8) is 0 Å². The number of carbonyl (C=O) groups is 2. The average Bonchev–Trinajstić information content (AvgIpc) is 2.50. The minimum absolute atomic E-state index is 0.0957. The van der Waals surface area contributed by atoms with Crippen LogP contribution in [0.25, 0.3) is 0 Å². The van der Waals surface area contributed by atoms with Crippen LogP contribution in [0.4, 0.5) is 0 Å². The van der Waals surface area contributed by atoms with Crippen molar-refractivity contribution in [2.24, 2.45) is 0 Å². The molecule has 0 N–H and O–H groups in total. The van der Waals surface area contributed by atoms with Gasteiger partial charge in [0.25, 0.3) is 0 Å². The number of hydrogen-bond donors (Lipinski definition) is 0. The van der Waals surface area contributed by atoms with Crippen LogP contribution in [-0.4, -0.2) is 51.9 Å². The second kappa shape index (κ2) is 7.98. The summed E-state index contributed by atoms with van der Waals surface area (Å²) in [5, 5.41) is 0. The van der Waals surface area contributed by atoms with E-state index < -0.39 is 6.04 Å². The topological polar surface area (TPSA) is 72.4 Å². The van der Waals surface area contributed by atoms with Crippen LogP contribution >= 0.6 is 0 Å². The van der Waals surface area contributed by atoms with Gasteiger partial charge in [0.05, 0.1) is 5.69 Å². The Hall–Kier alpha value is -1.82. The molecule has 120 valence electrons. The number of aromatic nitrogens is 2. The summed E-state index contributed by atoms with van der Waals surface area (Å²) in [7, 11) is 0. The summed E-state index contributed by atoms with van der Waals surface area (Å²) in [6.07, 6.45) is 7.12. The Morgan fingerprint density at radius 1 is 1.45 bits per heavy atom. The SMILES string of the molecule is CC(C)N1CCOC(=O)C1CC(=O)CCCc1cnccn1. The summed E-state index contributed by atoms with van der Waals surface area (Å²) in [5.74, 6) is -0.180. The van der Waals surface area contributed by atoms with Crippen molar-refractivity contribution in [1.29, 1.82) is 0 Å². The monoisotopic (exact) mass is 305 g/mol. The first-order valence-corrected chi connectivity index (χ1v) is 7.77. The van der Waals surface area contributed by atoms with E-state index in [1.54, 1.807) is 18.6 Å². The Kier molecular flexibility index (Phi) is 6.00. The van der Waals surface area contributed by atoms with Crippen molar-refractivity contribution < 1.29 is 14.3 Å². The van der Waals surface area contributed by atoms with Gasteiger partial charge in [0.15, 0.2) is 0 Å². The highest BCUT2D eigenvalue weighted by atomic mass is 16.5. The van der Waals surface area contributed by atoms with Gasteiger partial charge in [-0.3, -0.25) is 24.5 Å². The van der Waals surface area contributed by atoms with Gasteiger partial charge in [-0.2, -0.15) is 0 Å². The molecule has 1 atom stereocenters. The molecule has 0 amide bonds. The van der Waals surface area contributed by atoms with Gasteiger partial charge >= 0.3 is 5.97 Å². The molecular weight excluding hydrogens is 282 g/mol. The zero-order valence-electron chi connectivity index (χ0n) is 13.2. The fourth-order valence-corrected chi connectivity index (χ4v) is 2.70. The maximum Gasteiger partial charge on any atom is 0.323 e. The number of esters is 1. The number of nitrogens with zero attached hydrogens (tertiary/aromatic N) is 3. The highest BCUT2D eigenvalue weighted by molar-refractivity contribution is 5.86. The summed E-state index contributed by atoms with van der Waals surface area (Å²) in [5.41, 5.74) is 0.885. The molecule has 0 radical (unpaired) electrons. The fraction of sp³-hybridized carbons (Fsp3) is 0.625. The van der Waals surface area contributed by atoms with Crippen LogP contribution in [0.3, 0.4) is 0 Å². The van der Waals surface area contributed by atoms with Gasteiger partial charge in [0.1, 0.15) is 18.4 Å². The van der Waals surface area contributed by atoms with Crippen molar-refractivity contribution in [2.75, 3.05) is 13.2 Å². The van der Waals surface area contributed by atoms with Gasteiger partial charge in [-0.1, -0.05) is 0 Å². The van der Waals surface area contributed by atoms with Gasteiger partial charge < -0.3 is 4.74 Å². The van der Waals surface area contributed by atoms with Crippen molar-refractivity contribution in [1.82, 2.24) is 14.9 Å². The standard InChI is InChI=1S/C16H23N3O3/c1-12(2)19-8-9-22-16(21)15(19)10-14(20)5-3-4-13-11-17-6-7-18-13/h6-7,11-12,15H,3-5,8-10H2,1-2H3. The number of carbonyl (C=O) groups excluding carboxylic acids is 2. The van der Waals surface area contributed by atoms with Crippen molar-refractivity contribution in [3.8, 4) is 0 Å². The first-order chi connectivity index (χ1) is 10.6. The van der Waals surface area contributed by atoms with Gasteiger partial charge in [-0.15, -0.1) is 0 Å². The van der Waals surface area contributed by atoms with Gasteiger partial charge in [-0.25, -0.2) is 0 Å². The zero-order chi connectivity index (χ0) is 15.9. The molecular formula is C16H23N3O3. The van der Waals surface area contributed by atoms with Crippen molar-refractivity contribution in [2.45, 2.75) is 51.6 Å². The Morgan fingerprint density at radius 2 is 2.27 bits per heavy atom. The molecule has 1 aliphatic rings. The smallest absolute Gasteiger partial charge is 0.323 e. The van der Waals surface area contributed by atoms with Crippen LogP contribution in [0, 0.1) is 0 Å². The predicted molar refractivity (Wildman–Crippen MR) is 81.2 cm³/mol. The molecule has 1 aromatic rings. The van der Waals surface area contributed by atoms with E-state index in [-0.39, 0.29) is 24.2 Å². The molecule has 1 unspecified atom stereocenters. The number of ketones is 1. The minimum atomic E-state index is -0.433. The van der Waals surface area contributed by atoms with E-state index in [9.17, 15) is 9.59 Å². The Bertz CT molecular complexity index is 505. The summed E-state index contributed by atoms with van der Waals surface area (Å²) in [4.78, 5) is 34.3. The normalized spacial score (nSPS) is 19.2. The lowest BCUT2D eigenvalue weighted by atomic mass is 10.0. The van der Waals surface area contributed by atoms with Crippen LogP contribution < -0.4 is 0 Å². The summed E-state index contributed by atoms with van der Waals surface area (Å²) in [6, 6.07) is -0.206. The number of aryl methyl sites for hydroxylation is 1. The molecule has 6 nitrogen and oxygen atoms in total. The maximum atomic E-state index is 12.1. The highest BCUT2D eigenvalue weighted by Crippen LogP contribution is 2.17. The van der Waals surface area contributed by atoms with Crippen LogP contribution in [0.2, 0.25) is 0 Å². The first-order valence-electron chi connectivity index (χ1n) is 7.77. The molecule has 0 aromatic carbocycles. The summed E-state index contributed by atoms with van der Waals surface area (Å²) >= 11 is 0. The quantitative estimate of drug-likeness (QED) is 0.709. The van der Waals surface area contributed by atoms with Crippen molar-refractivity contribution >= 4 is 11.8 Å². The maximum absolute atomic E-state index is 12.1. The summed E-state index contributed by atoms with van der Waals surface area (Å²) < 4.78 is 5.09. The lowest BCUT2D eigenvalue weighted by Gasteiger charge is -2.36. The Balaban J connectivity index is 1.81. The van der Waals surface area contributed by atoms with E-state index in [1.807, 2.05) is 18.7 Å². The Morgan fingerprint density at radius 3 is 2.95 bits per heavy atom. The molecule has 1 saturated heterocycles. The number of rotatable bonds is 7. The number of morpholine rings is 1. The van der Waals surface area contributed by atoms with Crippen LogP contribution in [0.5, 0.6) is 0 Å². The first kappa shape index (κ1) is 16.5. The van der Waals surface area contributed by atoms with Gasteiger partial charge in [0, 0.05) is 44.0 Å². The largest absolute Gasteiger partial charge is 0.463 e. The molecule has 22 heavy (non-hydrogen) atoms. The van der Waals surface area contributed by atoms with Gasteiger partial charge in [-0.05, 0) is 26.7 Å². The number of ether oxygens (including phenoxy) is 1. The number of Topliss-reactive ketones (excluding diaryl/α,β-unsaturated/α-hetero) is 1. The zero-order valence-corrected chi connectivity index (χ0v) is 13.2. The third kappa shape index (κ3) is 4.59. The molecule has 0 spiro atoms. The number of cyclic esters (lactones) is 1. The average molecular weight is 305 g/mol. The van der Waals surface area contributed by atoms with Crippen LogP contribution in [0.1, 0.15) is 38.8 Å². The van der Waals surface area contributed by atoms with E-state index in [2.05, 4.69) is 9.97 Å². The van der Waals surface area contributed by atoms with Gasteiger partial charge in [0.2, 0.25) is 0 Å². The molecule has 2 rings (SSSR count). The molecule has 1 fully saturated rings. The van der Waals surface area contributed by atoms with E-state index in [1.165, 1.54) is 0 Å². The molecule has 1 aliphatic heterocycles. The fourth-order valence-electron chi connectivity index (χ4n) is 2.70. The second-order valence-electron chi connectivity index (χ2n) is 5.81. The number of hydrogen-bond acceptors (Lipinski definition) is 6. The van der Waals surface area contributed by atoms with E-state index in [4.69, 9.17) is 4.74 Å². The van der Waals surface area contributed by atoms with Crippen molar-refractivity contribution in [3.05, 3.63) is 24.3 Å². The molecule has 0 bridgehead atoms. The predicted octanol–water partition coefficient (Wildman–Crippen LogP) is 1.39.